The summed E-state index contributed by atoms with van der Waals surface area (Å²) >= 11 is 0. The second-order valence-electron chi connectivity index (χ2n) is 9.22. The molecule has 33 heavy (non-hydrogen) atoms. The van der Waals surface area contributed by atoms with Crippen LogP contribution in [0.5, 0.6) is 0 Å². The zero-order chi connectivity index (χ0) is 24.3. The van der Waals surface area contributed by atoms with Crippen molar-refractivity contribution in [3.63, 3.8) is 0 Å². The van der Waals surface area contributed by atoms with E-state index in [4.69, 9.17) is 14.6 Å². The predicted octanol–water partition coefficient (Wildman–Crippen LogP) is 3.80. The maximum absolute atomic E-state index is 12.2. The first-order valence-electron chi connectivity index (χ1n) is 13.1. The van der Waals surface area contributed by atoms with E-state index in [2.05, 4.69) is 19.1 Å². The van der Waals surface area contributed by atoms with Crippen molar-refractivity contribution in [3.05, 3.63) is 12.2 Å². The molecule has 0 saturated carbocycles. The van der Waals surface area contributed by atoms with Crippen molar-refractivity contribution in [3.8, 4) is 0 Å². The number of rotatable bonds is 21. The van der Waals surface area contributed by atoms with E-state index in [1.54, 1.807) is 0 Å². The van der Waals surface area contributed by atoms with Crippen molar-refractivity contribution in [1.82, 2.24) is 0 Å². The van der Waals surface area contributed by atoms with Gasteiger partial charge in [0.05, 0.1) is 12.7 Å². The number of unbranched alkanes of at least 4 members (excludes halogenated alkanes) is 11. The van der Waals surface area contributed by atoms with Crippen LogP contribution in [0.4, 0.5) is 0 Å². The summed E-state index contributed by atoms with van der Waals surface area (Å²) in [5.74, 6) is -0.446. The van der Waals surface area contributed by atoms with Crippen LogP contribution in [0.15, 0.2) is 12.2 Å². The van der Waals surface area contributed by atoms with E-state index in [0.717, 1.165) is 32.1 Å². The van der Waals surface area contributed by atoms with Gasteiger partial charge >= 0.3 is 5.97 Å². The molecule has 1 unspecified atom stereocenters. The molecule has 194 valence electrons. The van der Waals surface area contributed by atoms with Gasteiger partial charge in [0, 0.05) is 19.4 Å². The highest BCUT2D eigenvalue weighted by Crippen LogP contribution is 2.23. The highest BCUT2D eigenvalue weighted by Gasteiger charge is 2.41. The van der Waals surface area contributed by atoms with Crippen molar-refractivity contribution < 1.29 is 34.7 Å². The lowest BCUT2D eigenvalue weighted by Crippen LogP contribution is -2.55. The first-order chi connectivity index (χ1) is 16.0. The third-order valence-corrected chi connectivity index (χ3v) is 6.28. The topological polar surface area (TPSA) is 116 Å². The monoisotopic (exact) mass is 472 g/mol. The molecule has 1 aliphatic rings. The fourth-order valence-electron chi connectivity index (χ4n) is 3.96. The fourth-order valence-corrected chi connectivity index (χ4v) is 3.96. The molecule has 1 heterocycles. The Balaban J connectivity index is 2.08. The van der Waals surface area contributed by atoms with Gasteiger partial charge in [0.1, 0.15) is 18.3 Å². The van der Waals surface area contributed by atoms with Gasteiger partial charge in [-0.2, -0.15) is 0 Å². The van der Waals surface area contributed by atoms with Crippen molar-refractivity contribution in [2.45, 2.75) is 134 Å². The molecule has 5 atom stereocenters. The van der Waals surface area contributed by atoms with Gasteiger partial charge in [0.25, 0.3) is 0 Å². The van der Waals surface area contributed by atoms with Gasteiger partial charge in [-0.05, 0) is 32.1 Å². The van der Waals surface area contributed by atoms with Crippen LogP contribution in [-0.4, -0.2) is 70.1 Å². The van der Waals surface area contributed by atoms with Crippen LogP contribution in [0.2, 0.25) is 0 Å². The highest BCUT2D eigenvalue weighted by atomic mass is 16.6. The number of carbonyl (C=O) groups is 1. The summed E-state index contributed by atoms with van der Waals surface area (Å²) in [5, 5.41) is 38.8. The maximum Gasteiger partial charge on any atom is 0.306 e. The molecule has 1 fully saturated rings. The van der Waals surface area contributed by atoms with Gasteiger partial charge in [-0.3, -0.25) is 4.79 Å². The summed E-state index contributed by atoms with van der Waals surface area (Å²) in [6.45, 7) is 2.05. The summed E-state index contributed by atoms with van der Waals surface area (Å²) in [6, 6.07) is 0. The highest BCUT2D eigenvalue weighted by molar-refractivity contribution is 5.69. The predicted molar refractivity (Wildman–Crippen MR) is 129 cm³/mol. The Kier molecular flexibility index (Phi) is 17.6. The molecule has 1 saturated heterocycles. The summed E-state index contributed by atoms with van der Waals surface area (Å²) in [6.07, 6.45) is 14.6. The van der Waals surface area contributed by atoms with E-state index >= 15 is 0 Å². The second kappa shape index (κ2) is 19.3. The standard InChI is InChI=1S/C26H48O7/c1-2-3-4-5-6-7-8-9-10-11-12-13-14-15-16-17-23(29)33-26(22-18-19-32-22)25(31)24(30)21(28)20-27/h9-10,21-22,24-28,30-31H,2-8,11-20H2,1H3/t21-,22?,24-,25+,26+/m1/s1. The Bertz CT molecular complexity index is 507. The molecular weight excluding hydrogens is 424 g/mol. The molecule has 0 aromatic heterocycles. The van der Waals surface area contributed by atoms with Crippen LogP contribution < -0.4 is 0 Å². The lowest BCUT2D eigenvalue weighted by Gasteiger charge is -2.38. The number of carbonyl (C=O) groups excluding carboxylic acids is 1. The molecule has 4 N–H and O–H groups in total. The summed E-state index contributed by atoms with van der Waals surface area (Å²) in [7, 11) is 0. The van der Waals surface area contributed by atoms with E-state index in [9.17, 15) is 20.1 Å². The molecule has 1 rings (SSSR count). The van der Waals surface area contributed by atoms with Crippen LogP contribution in [0.3, 0.4) is 0 Å². The van der Waals surface area contributed by atoms with Crippen molar-refractivity contribution >= 4 is 5.97 Å². The van der Waals surface area contributed by atoms with E-state index in [-0.39, 0.29) is 6.42 Å². The second-order valence-corrected chi connectivity index (χ2v) is 9.22. The van der Waals surface area contributed by atoms with Crippen LogP contribution in [-0.2, 0) is 14.3 Å². The number of allylic oxidation sites excluding steroid dienone is 2. The summed E-state index contributed by atoms with van der Waals surface area (Å²) in [4.78, 5) is 12.2. The van der Waals surface area contributed by atoms with Crippen LogP contribution in [0, 0.1) is 0 Å². The Labute approximate surface area is 200 Å². The lowest BCUT2D eigenvalue weighted by molar-refractivity contribution is -0.205. The third-order valence-electron chi connectivity index (χ3n) is 6.28. The molecule has 0 amide bonds. The molecular formula is C26H48O7. The quantitative estimate of drug-likeness (QED) is 0.114. The molecule has 0 bridgehead atoms. The number of ether oxygens (including phenoxy) is 2. The molecule has 1 aliphatic heterocycles. The Morgan fingerprint density at radius 2 is 1.45 bits per heavy atom. The number of aliphatic hydroxyl groups is 4. The number of hydrogen-bond donors (Lipinski definition) is 4. The van der Waals surface area contributed by atoms with Gasteiger partial charge in [0.2, 0.25) is 0 Å². The fraction of sp³-hybridized carbons (Fsp3) is 0.885. The first-order valence-corrected chi connectivity index (χ1v) is 13.1. The molecule has 0 spiro atoms. The molecule has 0 aromatic rings. The van der Waals surface area contributed by atoms with E-state index in [1.807, 2.05) is 0 Å². The zero-order valence-corrected chi connectivity index (χ0v) is 20.6. The number of aliphatic hydroxyl groups excluding tert-OH is 4. The Morgan fingerprint density at radius 3 is 1.97 bits per heavy atom. The summed E-state index contributed by atoms with van der Waals surface area (Å²) in [5.41, 5.74) is 0. The van der Waals surface area contributed by atoms with Crippen molar-refractivity contribution in [2.24, 2.45) is 0 Å². The van der Waals surface area contributed by atoms with E-state index < -0.39 is 43.1 Å². The molecule has 7 heteroatoms. The smallest absolute Gasteiger partial charge is 0.306 e. The minimum Gasteiger partial charge on any atom is -0.457 e. The maximum atomic E-state index is 12.2. The molecule has 0 aromatic carbocycles. The largest absolute Gasteiger partial charge is 0.457 e. The van der Waals surface area contributed by atoms with Crippen molar-refractivity contribution in [2.75, 3.05) is 13.2 Å². The number of esters is 1. The van der Waals surface area contributed by atoms with Gasteiger partial charge in [-0.15, -0.1) is 0 Å². The van der Waals surface area contributed by atoms with Gasteiger partial charge in [0.15, 0.2) is 6.10 Å². The van der Waals surface area contributed by atoms with Gasteiger partial charge in [-0.25, -0.2) is 0 Å². The lowest BCUT2D eigenvalue weighted by atomic mass is 9.95. The van der Waals surface area contributed by atoms with Crippen LogP contribution in [0.1, 0.15) is 103 Å². The minimum absolute atomic E-state index is 0.243. The van der Waals surface area contributed by atoms with E-state index in [1.165, 1.54) is 44.9 Å². The van der Waals surface area contributed by atoms with Gasteiger partial charge < -0.3 is 29.9 Å². The molecule has 0 radical (unpaired) electrons. The average Bonchev–Trinajstić information content (AvgIpc) is 2.78. The van der Waals surface area contributed by atoms with E-state index in [0.29, 0.717) is 19.4 Å². The summed E-state index contributed by atoms with van der Waals surface area (Å²) < 4.78 is 10.7. The SMILES string of the molecule is CCCCCCCCC=CCCCCCCCC(=O)O[C@@H](C1CCO1)[C@@H](O)[C@H](O)[C@H](O)CO. The Morgan fingerprint density at radius 1 is 0.909 bits per heavy atom. The zero-order valence-electron chi connectivity index (χ0n) is 20.6. The average molecular weight is 473 g/mol. The van der Waals surface area contributed by atoms with Crippen molar-refractivity contribution in [1.29, 1.82) is 0 Å². The first kappa shape index (κ1) is 30.0. The molecule has 0 aliphatic carbocycles. The van der Waals surface area contributed by atoms with Gasteiger partial charge in [-0.1, -0.05) is 70.4 Å². The minimum atomic E-state index is -1.61. The Hall–Kier alpha value is -0.990. The normalized spacial score (nSPS) is 19.7. The molecule has 7 nitrogen and oxygen atoms in total. The van der Waals surface area contributed by atoms with Crippen LogP contribution in [0.25, 0.3) is 0 Å². The number of hydrogen-bond acceptors (Lipinski definition) is 7. The third kappa shape index (κ3) is 13.5. The van der Waals surface area contributed by atoms with Crippen LogP contribution >= 0.6 is 0 Å².